The van der Waals surface area contributed by atoms with Crippen molar-refractivity contribution >= 4 is 82.6 Å². The lowest BCUT2D eigenvalue weighted by Gasteiger charge is -2.41. The molecule has 3 saturated carbocycles. The number of rotatable bonds is 6. The molecule has 82 heavy (non-hydrogen) atoms. The van der Waals surface area contributed by atoms with Gasteiger partial charge in [0.1, 0.15) is 35.7 Å². The summed E-state index contributed by atoms with van der Waals surface area (Å²) in [6.07, 6.45) is 10.9. The number of hydrogen-bond donors (Lipinski definition) is 3. The maximum atomic E-state index is 15.1. The first-order chi connectivity index (χ1) is 38.7. The van der Waals surface area contributed by atoms with Crippen LogP contribution in [0.15, 0.2) is 0 Å². The van der Waals surface area contributed by atoms with Crippen LogP contribution in [0, 0.1) is 17.8 Å². The van der Waals surface area contributed by atoms with E-state index >= 15 is 9.59 Å². The molecule has 5 atom stereocenters. The maximum Gasteiger partial charge on any atom is 0.248 e. The van der Waals surface area contributed by atoms with Crippen molar-refractivity contribution in [2.45, 2.75) is 159 Å². The molecular weight excluding hydrogens is 1080 g/mol. The Labute approximate surface area is 489 Å². The first-order valence-corrected chi connectivity index (χ1v) is 30.6. The highest BCUT2D eigenvalue weighted by molar-refractivity contribution is 8.00. The zero-order valence-electron chi connectivity index (χ0n) is 50.6. The molecule has 12 amide bonds. The fourth-order valence-electron chi connectivity index (χ4n) is 12.3. The van der Waals surface area contributed by atoms with Crippen LogP contribution in [-0.2, 0) is 57.5 Å². The van der Waals surface area contributed by atoms with Gasteiger partial charge in [-0.2, -0.15) is 0 Å². The second kappa shape index (κ2) is 30.5. The number of carbonyl (C=O) groups excluding carboxylic acids is 12. The van der Waals surface area contributed by atoms with Crippen molar-refractivity contribution in [3.8, 4) is 0 Å². The van der Waals surface area contributed by atoms with E-state index in [0.29, 0.717) is 57.8 Å². The third-order valence-electron chi connectivity index (χ3n) is 17.5. The number of carbonyl (C=O) groups is 12. The summed E-state index contributed by atoms with van der Waals surface area (Å²) >= 11 is 1.11. The number of thioether (sulfide) groups is 1. The van der Waals surface area contributed by atoms with Crippen LogP contribution in [-0.4, -0.2) is 265 Å². The van der Waals surface area contributed by atoms with E-state index in [9.17, 15) is 47.9 Å². The molecular formula is C57H94N12O12S. The molecule has 2 aliphatic heterocycles. The van der Waals surface area contributed by atoms with Crippen molar-refractivity contribution in [1.82, 2.24) is 60.0 Å². The fraction of sp³-hybridized carbons (Fsp3) is 0.789. The van der Waals surface area contributed by atoms with E-state index in [0.717, 1.165) is 66.5 Å². The van der Waals surface area contributed by atoms with E-state index in [1.165, 1.54) is 76.6 Å². The molecule has 5 aliphatic rings. The molecule has 1 spiro atoms. The van der Waals surface area contributed by atoms with Gasteiger partial charge < -0.3 is 60.0 Å². The number of likely N-dealkylation sites (N-methyl/N-ethyl adjacent to an activating group) is 8. The van der Waals surface area contributed by atoms with E-state index in [1.807, 2.05) is 13.8 Å². The summed E-state index contributed by atoms with van der Waals surface area (Å²) in [7, 11) is 13.4. The summed E-state index contributed by atoms with van der Waals surface area (Å²) < 4.78 is 0. The average molecular weight is 1170 g/mol. The third-order valence-corrected chi connectivity index (χ3v) is 18.5. The normalized spacial score (nSPS) is 26.8. The van der Waals surface area contributed by atoms with Gasteiger partial charge in [-0.05, 0) is 69.1 Å². The summed E-state index contributed by atoms with van der Waals surface area (Å²) in [5.74, 6) is -6.71. The summed E-state index contributed by atoms with van der Waals surface area (Å²) in [6.45, 7) is 1.69. The van der Waals surface area contributed by atoms with Crippen molar-refractivity contribution in [3.63, 3.8) is 0 Å². The lowest BCUT2D eigenvalue weighted by molar-refractivity contribution is -0.154. The first kappa shape index (κ1) is 66.8. The molecule has 2 heterocycles. The Morgan fingerprint density at radius 3 is 1.80 bits per heavy atom. The van der Waals surface area contributed by atoms with Crippen LogP contribution in [0.25, 0.3) is 0 Å². The van der Waals surface area contributed by atoms with Crippen molar-refractivity contribution in [2.75, 3.05) is 114 Å². The van der Waals surface area contributed by atoms with Crippen molar-refractivity contribution in [1.29, 1.82) is 0 Å². The van der Waals surface area contributed by atoms with E-state index in [-0.39, 0.29) is 42.2 Å². The molecule has 5 fully saturated rings. The highest BCUT2D eigenvalue weighted by Crippen LogP contribution is 2.37. The molecule has 2 saturated heterocycles. The van der Waals surface area contributed by atoms with Gasteiger partial charge >= 0.3 is 0 Å². The number of hydrogen-bond acceptors (Lipinski definition) is 13. The lowest BCUT2D eigenvalue weighted by atomic mass is 9.84. The second-order valence-corrected chi connectivity index (χ2v) is 25.3. The molecule has 0 aromatic heterocycles. The summed E-state index contributed by atoms with van der Waals surface area (Å²) in [4.78, 5) is 181. The smallest absolute Gasteiger partial charge is 0.248 e. The fourth-order valence-corrected chi connectivity index (χ4v) is 13.4. The summed E-state index contributed by atoms with van der Waals surface area (Å²) in [5.41, 5.74) is -1.39. The van der Waals surface area contributed by atoms with Crippen LogP contribution < -0.4 is 16.0 Å². The van der Waals surface area contributed by atoms with E-state index in [4.69, 9.17) is 0 Å². The Hall–Kier alpha value is -6.01. The number of nitrogens with zero attached hydrogens (tertiary/aromatic N) is 9. The summed E-state index contributed by atoms with van der Waals surface area (Å²) in [5, 5.41) is 8.30. The predicted molar refractivity (Wildman–Crippen MR) is 308 cm³/mol. The van der Waals surface area contributed by atoms with Crippen LogP contribution in [0.5, 0.6) is 0 Å². The Kier molecular flexibility index (Phi) is 24.9. The molecule has 0 bridgehead atoms. The monoisotopic (exact) mass is 1170 g/mol. The topological polar surface area (TPSA) is 270 Å². The van der Waals surface area contributed by atoms with Gasteiger partial charge in [-0.1, -0.05) is 71.6 Å². The molecule has 5 unspecified atom stereocenters. The van der Waals surface area contributed by atoms with Gasteiger partial charge in [0.25, 0.3) is 0 Å². The minimum atomic E-state index is -1.39. The zero-order valence-corrected chi connectivity index (χ0v) is 51.4. The predicted octanol–water partition coefficient (Wildman–Crippen LogP) is 0.364. The summed E-state index contributed by atoms with van der Waals surface area (Å²) in [6, 6.07) is -5.01. The molecule has 0 aromatic rings. The zero-order chi connectivity index (χ0) is 60.7. The van der Waals surface area contributed by atoms with Crippen molar-refractivity contribution in [3.05, 3.63) is 0 Å². The lowest BCUT2D eigenvalue weighted by Crippen LogP contribution is -2.65. The van der Waals surface area contributed by atoms with Gasteiger partial charge in [0.15, 0.2) is 0 Å². The number of fused-ring (bicyclic) bond motifs is 1. The minimum Gasteiger partial charge on any atom is -0.347 e. The van der Waals surface area contributed by atoms with Crippen LogP contribution >= 0.6 is 11.8 Å². The molecule has 24 nitrogen and oxygen atoms in total. The standard InChI is InChI=1S/C57H94N12O12S/c1-37(2)28-41-51(76)59-30-45(71)62(5)33-47(73)63(6)34-48(74)66(9)42(29-38-20-13-12-14-21-38)54(79)64(7)32-44(70)58-31-46(72)69-27-19-24-40(69)52(77)60-57(25-17-18-26-57)56(81)68(11)50(39-22-15-16-23-39)55(80)67(10)43(53(78)61(3)4)35-82-36-49(75)65(41)8/h37-43,50H,12-36H2,1-11H3,(H,58,70)(H,59,76)(H,60,77). The van der Waals surface area contributed by atoms with E-state index in [2.05, 4.69) is 16.0 Å². The average Bonchev–Trinajstić information content (AvgIpc) is 4.27. The Morgan fingerprint density at radius 2 is 1.18 bits per heavy atom. The molecule has 5 rings (SSSR count). The molecule has 3 N–H and O–H groups in total. The largest absolute Gasteiger partial charge is 0.347 e. The van der Waals surface area contributed by atoms with Crippen LogP contribution in [0.3, 0.4) is 0 Å². The van der Waals surface area contributed by atoms with Gasteiger partial charge in [-0.25, -0.2) is 0 Å². The number of nitrogens with one attached hydrogen (secondary N) is 3. The van der Waals surface area contributed by atoms with Gasteiger partial charge in [-0.15, -0.1) is 11.8 Å². The number of amides is 12. The van der Waals surface area contributed by atoms with Gasteiger partial charge in [0.05, 0.1) is 38.5 Å². The highest BCUT2D eigenvalue weighted by Gasteiger charge is 2.50. The van der Waals surface area contributed by atoms with E-state index in [1.54, 1.807) is 21.1 Å². The van der Waals surface area contributed by atoms with E-state index < -0.39 is 139 Å². The Morgan fingerprint density at radius 1 is 0.598 bits per heavy atom. The van der Waals surface area contributed by atoms with Crippen molar-refractivity contribution in [2.24, 2.45) is 17.8 Å². The van der Waals surface area contributed by atoms with Gasteiger partial charge in [0, 0.05) is 75.7 Å². The Balaban J connectivity index is 1.44. The van der Waals surface area contributed by atoms with Crippen LogP contribution in [0.4, 0.5) is 0 Å². The minimum absolute atomic E-state index is 0.00746. The maximum absolute atomic E-state index is 15.1. The molecule has 0 radical (unpaired) electrons. The molecule has 460 valence electrons. The van der Waals surface area contributed by atoms with Crippen molar-refractivity contribution < 1.29 is 57.5 Å². The van der Waals surface area contributed by atoms with Gasteiger partial charge in [-0.3, -0.25) is 57.5 Å². The molecule has 0 aromatic carbocycles. The van der Waals surface area contributed by atoms with Crippen LogP contribution in [0.1, 0.15) is 123 Å². The SMILES string of the molecule is CC(C)CC1C(=O)NCC(=O)N(C)CC(=O)N(C)CC(=O)N(C)C(CC2CCCCC2)C(=O)N(C)CC(=O)NCC(=O)N2CCCC2C(=O)NC2(CCCC2)C(=O)N(C)C(C2CCCC2)C(=O)N(C)C(C(=O)N(C)C)CSCC(=O)N1C. The molecule has 25 heteroatoms. The molecule has 3 aliphatic carbocycles. The Bertz CT molecular complexity index is 2340. The quantitative estimate of drug-likeness (QED) is 0.325. The first-order valence-electron chi connectivity index (χ1n) is 29.4. The van der Waals surface area contributed by atoms with Gasteiger partial charge in [0.2, 0.25) is 70.9 Å². The third kappa shape index (κ3) is 17.3. The van der Waals surface area contributed by atoms with Crippen LogP contribution in [0.2, 0.25) is 0 Å². The highest BCUT2D eigenvalue weighted by atomic mass is 32.2. The second-order valence-electron chi connectivity index (χ2n) is 24.2.